The third kappa shape index (κ3) is 3.06. The number of rotatable bonds is 0. The summed E-state index contributed by atoms with van der Waals surface area (Å²) in [5.41, 5.74) is 14.1. The summed E-state index contributed by atoms with van der Waals surface area (Å²) in [6.45, 7) is 12.3. The van der Waals surface area contributed by atoms with Gasteiger partial charge in [-0.1, -0.05) is 59.7 Å². The van der Waals surface area contributed by atoms with Crippen LogP contribution in [-0.4, -0.2) is 0 Å². The Kier molecular flexibility index (Phi) is 6.53. The minimum absolute atomic E-state index is 0.0709. The average Bonchev–Trinajstić information content (AvgIpc) is 2.64. The van der Waals surface area contributed by atoms with Crippen molar-refractivity contribution < 1.29 is 0 Å². The molecule has 0 heterocycles. The highest BCUT2D eigenvalue weighted by atomic mass is 14.6. The SMILES string of the molecule is CC.CC.CC1(C)Cc2ccc/c(=C/N)c2=C1N. The van der Waals surface area contributed by atoms with Crippen LogP contribution < -0.4 is 21.9 Å². The topological polar surface area (TPSA) is 52.0 Å². The van der Waals surface area contributed by atoms with Crippen LogP contribution >= 0.6 is 0 Å². The molecule has 1 aliphatic rings. The molecule has 1 aromatic rings. The van der Waals surface area contributed by atoms with Gasteiger partial charge in [-0.25, -0.2) is 0 Å². The highest BCUT2D eigenvalue weighted by Gasteiger charge is 2.28. The van der Waals surface area contributed by atoms with Gasteiger partial charge in [0.2, 0.25) is 0 Å². The van der Waals surface area contributed by atoms with Gasteiger partial charge in [0, 0.05) is 22.5 Å². The van der Waals surface area contributed by atoms with E-state index in [0.29, 0.717) is 0 Å². The normalized spacial score (nSPS) is 16.1. The van der Waals surface area contributed by atoms with Crippen molar-refractivity contribution in [1.29, 1.82) is 0 Å². The summed E-state index contributed by atoms with van der Waals surface area (Å²) in [5.74, 6) is 0. The molecule has 2 rings (SSSR count). The van der Waals surface area contributed by atoms with Gasteiger partial charge >= 0.3 is 0 Å². The van der Waals surface area contributed by atoms with Crippen LogP contribution in [0, 0.1) is 5.41 Å². The van der Waals surface area contributed by atoms with E-state index in [9.17, 15) is 0 Å². The van der Waals surface area contributed by atoms with E-state index in [4.69, 9.17) is 11.5 Å². The largest absolute Gasteiger partial charge is 0.404 e. The van der Waals surface area contributed by atoms with Crippen LogP contribution in [0.2, 0.25) is 0 Å². The summed E-state index contributed by atoms with van der Waals surface area (Å²) in [5, 5.41) is 2.20. The molecule has 0 unspecified atom stereocenters. The Labute approximate surface area is 111 Å². The molecule has 1 aliphatic carbocycles. The molecule has 0 aliphatic heterocycles. The standard InChI is InChI=1S/C12H16N2.2C2H6/c1-12(2)6-8-4-3-5-9(7-13)10(8)11(12)14;2*1-2/h3-5,7H,6,13-14H2,1-2H3;2*1-2H3/b9-7-;;. The average molecular weight is 248 g/mol. The van der Waals surface area contributed by atoms with Crippen molar-refractivity contribution >= 4 is 11.9 Å². The molecule has 0 saturated carbocycles. The fourth-order valence-electron chi connectivity index (χ4n) is 2.14. The summed E-state index contributed by atoms with van der Waals surface area (Å²) in [6, 6.07) is 6.17. The number of benzene rings is 1. The van der Waals surface area contributed by atoms with E-state index in [1.807, 2.05) is 39.8 Å². The maximum absolute atomic E-state index is 6.14. The number of hydrogen-bond acceptors (Lipinski definition) is 2. The molecule has 0 atom stereocenters. The zero-order valence-corrected chi connectivity index (χ0v) is 12.7. The lowest BCUT2D eigenvalue weighted by Gasteiger charge is -2.18. The van der Waals surface area contributed by atoms with Gasteiger partial charge in [-0.2, -0.15) is 0 Å². The van der Waals surface area contributed by atoms with Crippen molar-refractivity contribution in [1.82, 2.24) is 0 Å². The fourth-order valence-corrected chi connectivity index (χ4v) is 2.14. The van der Waals surface area contributed by atoms with E-state index in [-0.39, 0.29) is 5.41 Å². The van der Waals surface area contributed by atoms with Crippen LogP contribution in [-0.2, 0) is 6.42 Å². The van der Waals surface area contributed by atoms with Crippen LogP contribution in [0.1, 0.15) is 47.1 Å². The molecule has 0 amide bonds. The molecule has 2 nitrogen and oxygen atoms in total. The Morgan fingerprint density at radius 1 is 1.11 bits per heavy atom. The van der Waals surface area contributed by atoms with Gasteiger partial charge in [-0.05, 0) is 17.2 Å². The van der Waals surface area contributed by atoms with E-state index in [0.717, 1.165) is 22.6 Å². The molecule has 0 radical (unpaired) electrons. The number of hydrogen-bond donors (Lipinski definition) is 2. The van der Waals surface area contributed by atoms with E-state index in [1.165, 1.54) is 5.56 Å². The lowest BCUT2D eigenvalue weighted by atomic mass is 9.89. The highest BCUT2D eigenvalue weighted by Crippen LogP contribution is 2.30. The predicted octanol–water partition coefficient (Wildman–Crippen LogP) is 2.08. The van der Waals surface area contributed by atoms with Crippen molar-refractivity contribution in [3.63, 3.8) is 0 Å². The molecular formula is C16H28N2. The summed E-state index contributed by atoms with van der Waals surface area (Å²) < 4.78 is 0. The maximum atomic E-state index is 6.14. The van der Waals surface area contributed by atoms with E-state index >= 15 is 0 Å². The molecule has 0 bridgehead atoms. The smallest absolute Gasteiger partial charge is 0.0224 e. The number of fused-ring (bicyclic) bond motifs is 1. The lowest BCUT2D eigenvalue weighted by Crippen LogP contribution is -2.32. The van der Waals surface area contributed by atoms with Gasteiger partial charge in [-0.3, -0.25) is 0 Å². The minimum Gasteiger partial charge on any atom is -0.404 e. The second kappa shape index (κ2) is 7.10. The second-order valence-electron chi connectivity index (χ2n) is 4.52. The third-order valence-electron chi connectivity index (χ3n) is 2.99. The van der Waals surface area contributed by atoms with Gasteiger partial charge in [0.25, 0.3) is 0 Å². The first kappa shape index (κ1) is 16.6. The van der Waals surface area contributed by atoms with E-state index < -0.39 is 0 Å². The van der Waals surface area contributed by atoms with Crippen molar-refractivity contribution in [2.24, 2.45) is 16.9 Å². The Morgan fingerprint density at radius 3 is 2.17 bits per heavy atom. The Morgan fingerprint density at radius 2 is 1.67 bits per heavy atom. The Balaban J connectivity index is 0.000000659. The molecule has 4 N–H and O–H groups in total. The van der Waals surface area contributed by atoms with Gasteiger partial charge < -0.3 is 11.5 Å². The van der Waals surface area contributed by atoms with Crippen molar-refractivity contribution in [3.8, 4) is 0 Å². The molecule has 0 saturated heterocycles. The molecule has 0 fully saturated rings. The molecule has 1 aromatic carbocycles. The first-order valence-corrected chi connectivity index (χ1v) is 6.86. The monoisotopic (exact) mass is 248 g/mol. The van der Waals surface area contributed by atoms with Crippen LogP contribution in [0.25, 0.3) is 11.9 Å². The van der Waals surface area contributed by atoms with E-state index in [1.54, 1.807) is 6.20 Å². The van der Waals surface area contributed by atoms with Gasteiger partial charge in [0.05, 0.1) is 0 Å². The van der Waals surface area contributed by atoms with Crippen molar-refractivity contribution in [2.45, 2.75) is 48.0 Å². The fraction of sp³-hybridized carbons (Fsp3) is 0.500. The zero-order valence-electron chi connectivity index (χ0n) is 12.7. The minimum atomic E-state index is 0.0709. The first-order chi connectivity index (χ1) is 8.56. The summed E-state index contributed by atoms with van der Waals surface area (Å²) in [7, 11) is 0. The van der Waals surface area contributed by atoms with Gasteiger partial charge in [0.1, 0.15) is 0 Å². The van der Waals surface area contributed by atoms with Crippen LogP contribution in [0.4, 0.5) is 0 Å². The molecule has 2 heteroatoms. The van der Waals surface area contributed by atoms with Crippen molar-refractivity contribution in [2.75, 3.05) is 0 Å². The second-order valence-corrected chi connectivity index (χ2v) is 4.52. The van der Waals surface area contributed by atoms with Crippen molar-refractivity contribution in [3.05, 3.63) is 34.2 Å². The number of nitrogens with two attached hydrogens (primary N) is 2. The summed E-state index contributed by atoms with van der Waals surface area (Å²) in [6.07, 6.45) is 2.64. The summed E-state index contributed by atoms with van der Waals surface area (Å²) in [4.78, 5) is 0. The van der Waals surface area contributed by atoms with Crippen LogP contribution in [0.5, 0.6) is 0 Å². The summed E-state index contributed by atoms with van der Waals surface area (Å²) >= 11 is 0. The third-order valence-corrected chi connectivity index (χ3v) is 2.99. The quantitative estimate of drug-likeness (QED) is 0.738. The lowest BCUT2D eigenvalue weighted by molar-refractivity contribution is 0.506. The Bertz CT molecular complexity index is 484. The molecular weight excluding hydrogens is 220 g/mol. The molecule has 18 heavy (non-hydrogen) atoms. The van der Waals surface area contributed by atoms with Gasteiger partial charge in [-0.15, -0.1) is 0 Å². The first-order valence-electron chi connectivity index (χ1n) is 6.86. The van der Waals surface area contributed by atoms with Gasteiger partial charge in [0.15, 0.2) is 0 Å². The highest BCUT2D eigenvalue weighted by molar-refractivity contribution is 5.56. The van der Waals surface area contributed by atoms with E-state index in [2.05, 4.69) is 19.9 Å². The molecule has 0 aromatic heterocycles. The van der Waals surface area contributed by atoms with Crippen LogP contribution in [0.15, 0.2) is 18.2 Å². The maximum Gasteiger partial charge on any atom is 0.0224 e. The Hall–Kier alpha value is -1.44. The molecule has 102 valence electrons. The van der Waals surface area contributed by atoms with Crippen LogP contribution in [0.3, 0.4) is 0 Å². The zero-order chi connectivity index (χ0) is 14.3. The predicted molar refractivity (Wildman–Crippen MR) is 82.1 cm³/mol. The molecule has 0 spiro atoms.